The van der Waals surface area contributed by atoms with Gasteiger partial charge in [0.25, 0.3) is 0 Å². The number of rotatable bonds is 5. The first kappa shape index (κ1) is 14.0. The zero-order chi connectivity index (χ0) is 13.3. The number of sulfonamides is 1. The highest BCUT2D eigenvalue weighted by atomic mass is 79.9. The van der Waals surface area contributed by atoms with Gasteiger partial charge in [0.2, 0.25) is 10.0 Å². The van der Waals surface area contributed by atoms with E-state index in [0.717, 1.165) is 11.1 Å². The van der Waals surface area contributed by atoms with E-state index < -0.39 is 10.0 Å². The van der Waals surface area contributed by atoms with Crippen LogP contribution in [0.3, 0.4) is 0 Å². The SMILES string of the molecule is Cc1ccc(S(=O)(=O)NCC(Br)C2CC2)cc1C. The highest BCUT2D eigenvalue weighted by Crippen LogP contribution is 2.36. The first-order valence-corrected chi connectivity index (χ1v) is 8.51. The Hall–Kier alpha value is -0.390. The van der Waals surface area contributed by atoms with E-state index in [0.29, 0.717) is 17.4 Å². The average Bonchev–Trinajstić information content (AvgIpc) is 3.13. The number of alkyl halides is 1. The normalized spacial score (nSPS) is 17.7. The van der Waals surface area contributed by atoms with E-state index >= 15 is 0 Å². The minimum atomic E-state index is -3.38. The Bertz CT molecular complexity index is 538. The fourth-order valence-corrected chi connectivity index (χ4v) is 3.83. The minimum Gasteiger partial charge on any atom is -0.210 e. The van der Waals surface area contributed by atoms with Gasteiger partial charge < -0.3 is 0 Å². The summed E-state index contributed by atoms with van der Waals surface area (Å²) < 4.78 is 26.9. The summed E-state index contributed by atoms with van der Waals surface area (Å²) in [7, 11) is -3.38. The van der Waals surface area contributed by atoms with Crippen molar-refractivity contribution < 1.29 is 8.42 Å². The van der Waals surface area contributed by atoms with Crippen LogP contribution in [0.5, 0.6) is 0 Å². The van der Waals surface area contributed by atoms with E-state index in [2.05, 4.69) is 20.7 Å². The van der Waals surface area contributed by atoms with Gasteiger partial charge in [-0.1, -0.05) is 22.0 Å². The van der Waals surface area contributed by atoms with Crippen LogP contribution in [0.1, 0.15) is 24.0 Å². The van der Waals surface area contributed by atoms with E-state index in [1.165, 1.54) is 12.8 Å². The number of halogens is 1. The largest absolute Gasteiger partial charge is 0.240 e. The van der Waals surface area contributed by atoms with Crippen molar-refractivity contribution in [3.63, 3.8) is 0 Å². The molecule has 1 unspecified atom stereocenters. The Morgan fingerprint density at radius 1 is 1.33 bits per heavy atom. The van der Waals surface area contributed by atoms with Crippen molar-refractivity contribution in [3.8, 4) is 0 Å². The lowest BCUT2D eigenvalue weighted by atomic mass is 10.1. The molecule has 0 radical (unpaired) electrons. The van der Waals surface area contributed by atoms with Gasteiger partial charge in [0.1, 0.15) is 0 Å². The molecule has 1 atom stereocenters. The zero-order valence-corrected chi connectivity index (χ0v) is 13.0. The molecule has 0 aliphatic heterocycles. The van der Waals surface area contributed by atoms with Gasteiger partial charge in [-0.05, 0) is 55.9 Å². The second-order valence-corrected chi connectivity index (χ2v) is 7.89. The van der Waals surface area contributed by atoms with Gasteiger partial charge in [-0.25, -0.2) is 13.1 Å². The predicted octanol–water partition coefficient (Wildman–Crippen LogP) is 2.76. The first-order chi connectivity index (χ1) is 8.40. The van der Waals surface area contributed by atoms with Crippen molar-refractivity contribution in [2.45, 2.75) is 36.4 Å². The number of nitrogens with one attached hydrogen (secondary N) is 1. The van der Waals surface area contributed by atoms with Gasteiger partial charge in [-0.3, -0.25) is 0 Å². The third kappa shape index (κ3) is 3.33. The average molecular weight is 332 g/mol. The molecule has 1 aromatic carbocycles. The molecule has 0 bridgehead atoms. The Labute approximate surface area is 117 Å². The maximum atomic E-state index is 12.1. The molecule has 1 aliphatic rings. The summed E-state index contributed by atoms with van der Waals surface area (Å²) in [5, 5.41) is 0. The van der Waals surface area contributed by atoms with Gasteiger partial charge in [0.15, 0.2) is 0 Å². The molecule has 1 aliphatic carbocycles. The molecule has 18 heavy (non-hydrogen) atoms. The summed E-state index contributed by atoms with van der Waals surface area (Å²) in [5.74, 6) is 0.632. The standard InChI is InChI=1S/C13H18BrNO2S/c1-9-3-6-12(7-10(9)2)18(16,17)15-8-13(14)11-4-5-11/h3,6-7,11,13,15H,4-5,8H2,1-2H3. The lowest BCUT2D eigenvalue weighted by Crippen LogP contribution is -2.30. The molecule has 100 valence electrons. The van der Waals surface area contributed by atoms with Crippen LogP contribution in [-0.2, 0) is 10.0 Å². The van der Waals surface area contributed by atoms with E-state index in [4.69, 9.17) is 0 Å². The maximum Gasteiger partial charge on any atom is 0.240 e. The molecule has 2 rings (SSSR count). The Morgan fingerprint density at radius 2 is 2.00 bits per heavy atom. The fourth-order valence-electron chi connectivity index (χ4n) is 1.78. The molecule has 0 spiro atoms. The molecule has 1 saturated carbocycles. The monoisotopic (exact) mass is 331 g/mol. The summed E-state index contributed by atoms with van der Waals surface area (Å²) in [6.45, 7) is 4.35. The summed E-state index contributed by atoms with van der Waals surface area (Å²) in [4.78, 5) is 0.597. The van der Waals surface area contributed by atoms with E-state index in [1.807, 2.05) is 19.9 Å². The van der Waals surface area contributed by atoms with Crippen LogP contribution in [-0.4, -0.2) is 19.8 Å². The molecule has 1 aromatic rings. The molecule has 0 saturated heterocycles. The fraction of sp³-hybridized carbons (Fsp3) is 0.538. The van der Waals surface area contributed by atoms with Crippen molar-refractivity contribution >= 4 is 26.0 Å². The number of benzene rings is 1. The van der Waals surface area contributed by atoms with Crippen molar-refractivity contribution in [3.05, 3.63) is 29.3 Å². The summed E-state index contributed by atoms with van der Waals surface area (Å²) in [5.41, 5.74) is 2.10. The molecule has 0 amide bonds. The van der Waals surface area contributed by atoms with Gasteiger partial charge in [0, 0.05) is 11.4 Å². The quantitative estimate of drug-likeness (QED) is 0.843. The molecule has 1 fully saturated rings. The van der Waals surface area contributed by atoms with Crippen molar-refractivity contribution in [1.29, 1.82) is 0 Å². The second kappa shape index (κ2) is 5.31. The highest BCUT2D eigenvalue weighted by molar-refractivity contribution is 9.09. The van der Waals surface area contributed by atoms with Crippen molar-refractivity contribution in [1.82, 2.24) is 4.72 Å². The van der Waals surface area contributed by atoms with Crippen LogP contribution in [0, 0.1) is 19.8 Å². The topological polar surface area (TPSA) is 46.2 Å². The third-order valence-electron chi connectivity index (χ3n) is 3.39. The van der Waals surface area contributed by atoms with Crippen LogP contribution in [0.4, 0.5) is 0 Å². The molecule has 0 aromatic heterocycles. The smallest absolute Gasteiger partial charge is 0.210 e. The van der Waals surface area contributed by atoms with Gasteiger partial charge in [-0.2, -0.15) is 0 Å². The van der Waals surface area contributed by atoms with Crippen LogP contribution < -0.4 is 4.72 Å². The molecule has 5 heteroatoms. The first-order valence-electron chi connectivity index (χ1n) is 6.11. The molecular formula is C13H18BrNO2S. The van der Waals surface area contributed by atoms with Gasteiger partial charge >= 0.3 is 0 Å². The van der Waals surface area contributed by atoms with Crippen molar-refractivity contribution in [2.75, 3.05) is 6.54 Å². The Kier molecular flexibility index (Phi) is 4.14. The third-order valence-corrected chi connectivity index (χ3v) is 5.88. The molecule has 3 nitrogen and oxygen atoms in total. The van der Waals surface area contributed by atoms with Crippen LogP contribution in [0.2, 0.25) is 0 Å². The van der Waals surface area contributed by atoms with E-state index in [9.17, 15) is 8.42 Å². The summed E-state index contributed by atoms with van der Waals surface area (Å²) >= 11 is 3.53. The van der Waals surface area contributed by atoms with Crippen LogP contribution in [0.25, 0.3) is 0 Å². The Balaban J connectivity index is 2.07. The molecule has 1 N–H and O–H groups in total. The van der Waals surface area contributed by atoms with Crippen molar-refractivity contribution in [2.24, 2.45) is 5.92 Å². The lowest BCUT2D eigenvalue weighted by Gasteiger charge is -2.11. The number of aryl methyl sites for hydroxylation is 2. The van der Waals surface area contributed by atoms with E-state index in [-0.39, 0.29) is 4.83 Å². The van der Waals surface area contributed by atoms with Gasteiger partial charge in [0.05, 0.1) is 4.90 Å². The minimum absolute atomic E-state index is 0.249. The molecule has 0 heterocycles. The highest BCUT2D eigenvalue weighted by Gasteiger charge is 2.30. The summed E-state index contributed by atoms with van der Waals surface area (Å²) in [6.07, 6.45) is 2.39. The zero-order valence-electron chi connectivity index (χ0n) is 10.6. The Morgan fingerprint density at radius 3 is 2.56 bits per heavy atom. The predicted molar refractivity (Wildman–Crippen MR) is 76.5 cm³/mol. The number of hydrogen-bond donors (Lipinski definition) is 1. The number of hydrogen-bond acceptors (Lipinski definition) is 2. The maximum absolute atomic E-state index is 12.1. The molecular weight excluding hydrogens is 314 g/mol. The van der Waals surface area contributed by atoms with Gasteiger partial charge in [-0.15, -0.1) is 0 Å². The summed E-state index contributed by atoms with van der Waals surface area (Å²) in [6, 6.07) is 5.22. The van der Waals surface area contributed by atoms with Crippen LogP contribution >= 0.6 is 15.9 Å². The van der Waals surface area contributed by atoms with E-state index in [1.54, 1.807) is 12.1 Å². The second-order valence-electron chi connectivity index (χ2n) is 4.95. The lowest BCUT2D eigenvalue weighted by molar-refractivity contribution is 0.577. The van der Waals surface area contributed by atoms with Crippen LogP contribution in [0.15, 0.2) is 23.1 Å².